The normalized spacial score (nSPS) is 13.7. The van der Waals surface area contributed by atoms with Gasteiger partial charge in [-0.1, -0.05) is 11.6 Å². The average Bonchev–Trinajstić information content (AvgIpc) is 2.97. The summed E-state index contributed by atoms with van der Waals surface area (Å²) in [4.78, 5) is 10.4. The molecule has 0 unspecified atom stereocenters. The Labute approximate surface area is 115 Å². The lowest BCUT2D eigenvalue weighted by molar-refractivity contribution is 0.900. The van der Waals surface area contributed by atoms with Gasteiger partial charge in [-0.25, -0.2) is 9.97 Å². The summed E-state index contributed by atoms with van der Waals surface area (Å²) in [6, 6.07) is 3.88. The van der Waals surface area contributed by atoms with Crippen molar-refractivity contribution in [2.75, 3.05) is 11.9 Å². The van der Waals surface area contributed by atoms with Crippen molar-refractivity contribution in [3.63, 3.8) is 0 Å². The number of hydrogen-bond donors (Lipinski definition) is 1. The smallest absolute Gasteiger partial charge is 0.171 e. The molecule has 0 spiro atoms. The first kappa shape index (κ1) is 11.9. The molecule has 1 aliphatic carbocycles. The van der Waals surface area contributed by atoms with E-state index < -0.39 is 0 Å². The van der Waals surface area contributed by atoms with E-state index in [1.165, 1.54) is 29.0 Å². The zero-order valence-corrected chi connectivity index (χ0v) is 11.7. The molecule has 0 fully saturated rings. The number of rotatable bonds is 3. The van der Waals surface area contributed by atoms with Gasteiger partial charge in [0, 0.05) is 17.8 Å². The summed E-state index contributed by atoms with van der Waals surface area (Å²) in [7, 11) is 0. The molecule has 2 aromatic heterocycles. The van der Waals surface area contributed by atoms with Gasteiger partial charge in [-0.15, -0.1) is 11.3 Å². The van der Waals surface area contributed by atoms with Crippen molar-refractivity contribution in [1.29, 1.82) is 0 Å². The van der Waals surface area contributed by atoms with E-state index in [1.54, 1.807) is 0 Å². The lowest BCUT2D eigenvalue weighted by atomic mass is 10.2. The van der Waals surface area contributed by atoms with Crippen LogP contribution >= 0.6 is 22.9 Å². The molecule has 5 heteroatoms. The van der Waals surface area contributed by atoms with E-state index in [-0.39, 0.29) is 0 Å². The highest BCUT2D eigenvalue weighted by molar-refractivity contribution is 7.19. The van der Waals surface area contributed by atoms with Gasteiger partial charge in [-0.05, 0) is 38.3 Å². The van der Waals surface area contributed by atoms with Crippen molar-refractivity contribution >= 4 is 28.8 Å². The maximum absolute atomic E-state index is 5.98. The Morgan fingerprint density at radius 2 is 2.22 bits per heavy atom. The lowest BCUT2D eigenvalue weighted by Crippen LogP contribution is -2.06. The van der Waals surface area contributed by atoms with Gasteiger partial charge < -0.3 is 5.32 Å². The minimum absolute atomic E-state index is 0.777. The molecule has 1 aliphatic rings. The Bertz CT molecular complexity index is 580. The molecule has 0 aromatic carbocycles. The summed E-state index contributed by atoms with van der Waals surface area (Å²) in [5.41, 5.74) is 2.49. The first-order chi connectivity index (χ1) is 8.78. The molecule has 1 N–H and O–H groups in total. The third-order valence-electron chi connectivity index (χ3n) is 3.07. The van der Waals surface area contributed by atoms with Crippen molar-refractivity contribution in [1.82, 2.24) is 9.97 Å². The second-order valence-corrected chi connectivity index (χ2v) is 6.02. The van der Waals surface area contributed by atoms with Crippen LogP contribution in [0.3, 0.4) is 0 Å². The first-order valence-corrected chi connectivity index (χ1v) is 7.36. The number of aryl methyl sites for hydroxylation is 1. The summed E-state index contributed by atoms with van der Waals surface area (Å²) in [5, 5.41) is 3.35. The molecule has 0 saturated heterocycles. The van der Waals surface area contributed by atoms with Gasteiger partial charge in [0.1, 0.15) is 5.82 Å². The lowest BCUT2D eigenvalue weighted by Gasteiger charge is -2.10. The third kappa shape index (κ3) is 2.10. The highest BCUT2D eigenvalue weighted by atomic mass is 35.5. The molecule has 2 aromatic rings. The zero-order valence-electron chi connectivity index (χ0n) is 10.2. The van der Waals surface area contributed by atoms with Crippen LogP contribution in [0.1, 0.15) is 24.6 Å². The van der Waals surface area contributed by atoms with E-state index in [4.69, 9.17) is 11.6 Å². The van der Waals surface area contributed by atoms with E-state index >= 15 is 0 Å². The fraction of sp³-hybridized carbons (Fsp3) is 0.385. The minimum Gasteiger partial charge on any atom is -0.370 e. The van der Waals surface area contributed by atoms with E-state index in [0.717, 1.165) is 40.2 Å². The monoisotopic (exact) mass is 279 g/mol. The van der Waals surface area contributed by atoms with Crippen LogP contribution in [-0.2, 0) is 12.8 Å². The van der Waals surface area contributed by atoms with Gasteiger partial charge in [-0.2, -0.15) is 0 Å². The Kier molecular flexibility index (Phi) is 3.22. The average molecular weight is 280 g/mol. The predicted octanol–water partition coefficient (Wildman–Crippen LogP) is 3.78. The Morgan fingerprint density at radius 1 is 1.33 bits per heavy atom. The number of hydrogen-bond acceptors (Lipinski definition) is 4. The van der Waals surface area contributed by atoms with Crippen LogP contribution in [0, 0.1) is 0 Å². The molecule has 0 amide bonds. The van der Waals surface area contributed by atoms with Gasteiger partial charge in [-0.3, -0.25) is 0 Å². The largest absolute Gasteiger partial charge is 0.370 e. The number of aromatic nitrogens is 2. The van der Waals surface area contributed by atoms with Crippen LogP contribution in [0.25, 0.3) is 10.7 Å². The number of nitrogens with one attached hydrogen (secondary N) is 1. The van der Waals surface area contributed by atoms with E-state index in [0.29, 0.717) is 0 Å². The number of halogens is 1. The van der Waals surface area contributed by atoms with Crippen molar-refractivity contribution in [3.05, 3.63) is 27.7 Å². The maximum atomic E-state index is 5.98. The van der Waals surface area contributed by atoms with Gasteiger partial charge in [0.25, 0.3) is 0 Å². The molecule has 3 rings (SSSR count). The van der Waals surface area contributed by atoms with Crippen LogP contribution in [0.5, 0.6) is 0 Å². The summed E-state index contributed by atoms with van der Waals surface area (Å²) in [5.74, 6) is 1.79. The van der Waals surface area contributed by atoms with E-state index in [9.17, 15) is 0 Å². The van der Waals surface area contributed by atoms with Gasteiger partial charge in [0.15, 0.2) is 5.82 Å². The van der Waals surface area contributed by atoms with Crippen LogP contribution in [0.4, 0.5) is 5.82 Å². The van der Waals surface area contributed by atoms with Gasteiger partial charge in [0.2, 0.25) is 0 Å². The number of thiophene rings is 1. The summed E-state index contributed by atoms with van der Waals surface area (Å²) < 4.78 is 0.777. The van der Waals surface area contributed by atoms with Crippen molar-refractivity contribution in [3.8, 4) is 10.7 Å². The highest BCUT2D eigenvalue weighted by Crippen LogP contribution is 2.33. The number of nitrogens with zero attached hydrogens (tertiary/aromatic N) is 2. The minimum atomic E-state index is 0.777. The molecule has 18 heavy (non-hydrogen) atoms. The molecule has 0 atom stereocenters. The van der Waals surface area contributed by atoms with Crippen LogP contribution < -0.4 is 5.32 Å². The molecule has 3 nitrogen and oxygen atoms in total. The molecular weight excluding hydrogens is 266 g/mol. The second kappa shape index (κ2) is 4.86. The molecule has 0 saturated carbocycles. The summed E-state index contributed by atoms with van der Waals surface area (Å²) >= 11 is 7.50. The molecule has 0 aliphatic heterocycles. The first-order valence-electron chi connectivity index (χ1n) is 6.17. The van der Waals surface area contributed by atoms with Crippen molar-refractivity contribution in [2.24, 2.45) is 0 Å². The maximum Gasteiger partial charge on any atom is 0.171 e. The molecule has 0 bridgehead atoms. The van der Waals surface area contributed by atoms with Crippen LogP contribution in [-0.4, -0.2) is 16.5 Å². The topological polar surface area (TPSA) is 37.8 Å². The van der Waals surface area contributed by atoms with Gasteiger partial charge in [0.05, 0.1) is 9.21 Å². The summed E-state index contributed by atoms with van der Waals surface area (Å²) in [6.45, 7) is 2.97. The zero-order chi connectivity index (χ0) is 12.5. The van der Waals surface area contributed by atoms with Crippen molar-refractivity contribution < 1.29 is 0 Å². The van der Waals surface area contributed by atoms with Crippen LogP contribution in [0.2, 0.25) is 4.34 Å². The standard InChI is InChI=1S/C13H14ClN3S/c1-2-15-12-8-4-3-5-9(8)16-13(17-12)10-6-7-11(14)18-10/h6-7H,2-5H2,1H3,(H,15,16,17). The third-order valence-corrected chi connectivity index (χ3v) is 4.30. The quantitative estimate of drug-likeness (QED) is 0.929. The molecule has 2 heterocycles. The van der Waals surface area contributed by atoms with Gasteiger partial charge >= 0.3 is 0 Å². The second-order valence-electron chi connectivity index (χ2n) is 4.31. The predicted molar refractivity (Wildman–Crippen MR) is 76.5 cm³/mol. The molecule has 94 valence electrons. The van der Waals surface area contributed by atoms with E-state index in [2.05, 4.69) is 22.2 Å². The Balaban J connectivity index is 2.08. The fourth-order valence-corrected chi connectivity index (χ4v) is 3.27. The van der Waals surface area contributed by atoms with Crippen LogP contribution in [0.15, 0.2) is 12.1 Å². The molecule has 0 radical (unpaired) electrons. The highest BCUT2D eigenvalue weighted by Gasteiger charge is 2.20. The number of fused-ring (bicyclic) bond motifs is 1. The fourth-order valence-electron chi connectivity index (χ4n) is 2.29. The Morgan fingerprint density at radius 3 is 2.94 bits per heavy atom. The Hall–Kier alpha value is -1.13. The summed E-state index contributed by atoms with van der Waals surface area (Å²) in [6.07, 6.45) is 3.32. The van der Waals surface area contributed by atoms with Crippen molar-refractivity contribution in [2.45, 2.75) is 26.2 Å². The molecular formula is C13H14ClN3S. The number of anilines is 1. The SMILES string of the molecule is CCNc1nc(-c2ccc(Cl)s2)nc2c1CCC2. The van der Waals surface area contributed by atoms with E-state index in [1.807, 2.05) is 12.1 Å².